The van der Waals surface area contributed by atoms with E-state index in [1.807, 2.05) is 0 Å². The number of hydrogen-bond donors (Lipinski definition) is 0. The standard InChI is InChI=1S/C17H31N/c1-3-5-7-9-12-17-13-11-15-18(16-17)14-10-8-6-4-2/h11,13,15H,3-10,12,14,16H2,1-2H3. The molecule has 0 spiro atoms. The SMILES string of the molecule is CCCCCCC1=CC=CN(CCCCCC)C1. The Morgan fingerprint density at radius 3 is 2.39 bits per heavy atom. The molecule has 0 bridgehead atoms. The van der Waals surface area contributed by atoms with Gasteiger partial charge in [0.2, 0.25) is 0 Å². The van der Waals surface area contributed by atoms with Crippen molar-refractivity contribution >= 4 is 0 Å². The predicted molar refractivity (Wildman–Crippen MR) is 81.7 cm³/mol. The van der Waals surface area contributed by atoms with Gasteiger partial charge >= 0.3 is 0 Å². The fourth-order valence-electron chi connectivity index (χ4n) is 2.50. The van der Waals surface area contributed by atoms with Gasteiger partial charge in [-0.25, -0.2) is 0 Å². The van der Waals surface area contributed by atoms with Crippen LogP contribution in [0, 0.1) is 0 Å². The smallest absolute Gasteiger partial charge is 0.0386 e. The molecule has 1 nitrogen and oxygen atoms in total. The third kappa shape index (κ3) is 6.88. The molecular weight excluding hydrogens is 218 g/mol. The molecule has 0 fully saturated rings. The molecule has 1 aliphatic heterocycles. The number of allylic oxidation sites excluding steroid dienone is 2. The van der Waals surface area contributed by atoms with Crippen molar-refractivity contribution in [2.24, 2.45) is 0 Å². The third-order valence-electron chi connectivity index (χ3n) is 3.69. The van der Waals surface area contributed by atoms with E-state index in [1.54, 1.807) is 5.57 Å². The summed E-state index contributed by atoms with van der Waals surface area (Å²) in [5.41, 5.74) is 1.63. The van der Waals surface area contributed by atoms with Crippen LogP contribution in [0.4, 0.5) is 0 Å². The molecule has 1 aliphatic rings. The van der Waals surface area contributed by atoms with Gasteiger partial charge in [-0.1, -0.05) is 64.0 Å². The minimum atomic E-state index is 1.18. The number of rotatable bonds is 10. The zero-order valence-corrected chi connectivity index (χ0v) is 12.5. The van der Waals surface area contributed by atoms with Crippen molar-refractivity contribution in [2.45, 2.75) is 71.6 Å². The summed E-state index contributed by atoms with van der Waals surface area (Å²) in [5.74, 6) is 0. The molecule has 0 aromatic rings. The van der Waals surface area contributed by atoms with E-state index in [4.69, 9.17) is 0 Å². The summed E-state index contributed by atoms with van der Waals surface area (Å²) in [6.45, 7) is 6.97. The maximum Gasteiger partial charge on any atom is 0.0386 e. The van der Waals surface area contributed by atoms with Crippen LogP contribution in [0.15, 0.2) is 23.9 Å². The molecule has 0 amide bonds. The van der Waals surface area contributed by atoms with Gasteiger partial charge in [0.25, 0.3) is 0 Å². The number of unbranched alkanes of at least 4 members (excludes halogenated alkanes) is 6. The van der Waals surface area contributed by atoms with Crippen LogP contribution in [0.3, 0.4) is 0 Å². The van der Waals surface area contributed by atoms with Gasteiger partial charge in [0, 0.05) is 13.1 Å². The fourth-order valence-corrected chi connectivity index (χ4v) is 2.50. The molecule has 18 heavy (non-hydrogen) atoms. The maximum atomic E-state index is 2.49. The second-order valence-electron chi connectivity index (χ2n) is 5.51. The second kappa shape index (κ2) is 10.2. The molecule has 0 atom stereocenters. The molecule has 0 N–H and O–H groups in total. The fraction of sp³-hybridized carbons (Fsp3) is 0.765. The van der Waals surface area contributed by atoms with Crippen LogP contribution in [0.1, 0.15) is 71.6 Å². The third-order valence-corrected chi connectivity index (χ3v) is 3.69. The van der Waals surface area contributed by atoms with Crippen molar-refractivity contribution in [2.75, 3.05) is 13.1 Å². The van der Waals surface area contributed by atoms with Crippen molar-refractivity contribution in [1.82, 2.24) is 4.90 Å². The van der Waals surface area contributed by atoms with E-state index in [9.17, 15) is 0 Å². The monoisotopic (exact) mass is 249 g/mol. The van der Waals surface area contributed by atoms with E-state index < -0.39 is 0 Å². The summed E-state index contributed by atoms with van der Waals surface area (Å²) in [4.78, 5) is 2.49. The molecule has 0 saturated carbocycles. The van der Waals surface area contributed by atoms with E-state index in [2.05, 4.69) is 37.1 Å². The van der Waals surface area contributed by atoms with Crippen molar-refractivity contribution in [3.8, 4) is 0 Å². The first-order valence-corrected chi connectivity index (χ1v) is 7.97. The number of nitrogens with zero attached hydrogens (tertiary/aromatic N) is 1. The van der Waals surface area contributed by atoms with Gasteiger partial charge in [-0.3, -0.25) is 0 Å². The molecule has 0 saturated heterocycles. The van der Waals surface area contributed by atoms with E-state index in [0.717, 1.165) is 0 Å². The largest absolute Gasteiger partial charge is 0.373 e. The van der Waals surface area contributed by atoms with Crippen molar-refractivity contribution < 1.29 is 0 Å². The van der Waals surface area contributed by atoms with Gasteiger partial charge in [0.1, 0.15) is 0 Å². The Balaban J connectivity index is 2.12. The highest BCUT2D eigenvalue weighted by Gasteiger charge is 2.06. The van der Waals surface area contributed by atoms with Crippen LogP contribution in [0.2, 0.25) is 0 Å². The molecule has 0 unspecified atom stereocenters. The van der Waals surface area contributed by atoms with Crippen molar-refractivity contribution in [1.29, 1.82) is 0 Å². The minimum absolute atomic E-state index is 1.18. The van der Waals surface area contributed by atoms with Crippen LogP contribution in [-0.4, -0.2) is 18.0 Å². The first-order valence-electron chi connectivity index (χ1n) is 7.97. The highest BCUT2D eigenvalue weighted by Crippen LogP contribution is 2.16. The zero-order chi connectivity index (χ0) is 13.1. The Hall–Kier alpha value is -0.720. The molecule has 0 aromatic heterocycles. The average molecular weight is 249 g/mol. The van der Waals surface area contributed by atoms with E-state index in [-0.39, 0.29) is 0 Å². The Morgan fingerprint density at radius 1 is 0.944 bits per heavy atom. The van der Waals surface area contributed by atoms with E-state index >= 15 is 0 Å². The van der Waals surface area contributed by atoms with Crippen LogP contribution in [0.25, 0.3) is 0 Å². The molecule has 1 rings (SSSR count). The summed E-state index contributed by atoms with van der Waals surface area (Å²) >= 11 is 0. The van der Waals surface area contributed by atoms with Crippen molar-refractivity contribution in [3.05, 3.63) is 23.9 Å². The van der Waals surface area contributed by atoms with Crippen molar-refractivity contribution in [3.63, 3.8) is 0 Å². The number of hydrogen-bond acceptors (Lipinski definition) is 1. The predicted octanol–water partition coefficient (Wildman–Crippen LogP) is 5.29. The van der Waals surface area contributed by atoms with E-state index in [1.165, 1.54) is 70.9 Å². The van der Waals surface area contributed by atoms with Gasteiger partial charge in [-0.15, -0.1) is 0 Å². The molecule has 0 aliphatic carbocycles. The van der Waals surface area contributed by atoms with Crippen LogP contribution in [-0.2, 0) is 0 Å². The summed E-state index contributed by atoms with van der Waals surface area (Å²) in [5, 5.41) is 0. The van der Waals surface area contributed by atoms with Crippen LogP contribution in [0.5, 0.6) is 0 Å². The average Bonchev–Trinajstić information content (AvgIpc) is 2.40. The van der Waals surface area contributed by atoms with E-state index in [0.29, 0.717) is 0 Å². The van der Waals surface area contributed by atoms with Crippen LogP contribution >= 0.6 is 0 Å². The maximum absolute atomic E-state index is 2.49. The first kappa shape index (κ1) is 15.3. The molecule has 1 heteroatoms. The van der Waals surface area contributed by atoms with Gasteiger partial charge in [0.05, 0.1) is 0 Å². The Kier molecular flexibility index (Phi) is 8.71. The second-order valence-corrected chi connectivity index (χ2v) is 5.51. The summed E-state index contributed by atoms with van der Waals surface area (Å²) < 4.78 is 0. The normalized spacial score (nSPS) is 15.0. The van der Waals surface area contributed by atoms with Gasteiger partial charge < -0.3 is 4.90 Å². The molecule has 1 heterocycles. The molecular formula is C17H31N. The summed E-state index contributed by atoms with van der Waals surface area (Å²) in [6, 6.07) is 0. The van der Waals surface area contributed by atoms with Crippen LogP contribution < -0.4 is 0 Å². The highest BCUT2D eigenvalue weighted by molar-refractivity contribution is 5.18. The summed E-state index contributed by atoms with van der Waals surface area (Å²) in [6.07, 6.45) is 19.1. The quantitative estimate of drug-likeness (QED) is 0.475. The first-order chi connectivity index (χ1) is 8.86. The lowest BCUT2D eigenvalue weighted by Crippen LogP contribution is -2.23. The highest BCUT2D eigenvalue weighted by atomic mass is 15.1. The molecule has 0 aromatic carbocycles. The van der Waals surface area contributed by atoms with Gasteiger partial charge in [-0.2, -0.15) is 0 Å². The Bertz CT molecular complexity index is 252. The Labute approximate surface area is 114 Å². The summed E-state index contributed by atoms with van der Waals surface area (Å²) in [7, 11) is 0. The van der Waals surface area contributed by atoms with Gasteiger partial charge in [0.15, 0.2) is 0 Å². The molecule has 0 radical (unpaired) electrons. The zero-order valence-electron chi connectivity index (χ0n) is 12.5. The topological polar surface area (TPSA) is 3.24 Å². The molecule has 104 valence electrons. The lowest BCUT2D eigenvalue weighted by Gasteiger charge is -2.24. The lowest BCUT2D eigenvalue weighted by atomic mass is 10.0. The lowest BCUT2D eigenvalue weighted by molar-refractivity contribution is 0.380. The Morgan fingerprint density at radius 2 is 1.67 bits per heavy atom. The van der Waals surface area contributed by atoms with Gasteiger partial charge in [-0.05, 0) is 31.5 Å². The minimum Gasteiger partial charge on any atom is -0.373 e.